The third-order valence-electron chi connectivity index (χ3n) is 10.0. The van der Waals surface area contributed by atoms with Crippen LogP contribution in [0.3, 0.4) is 0 Å². The molecule has 0 aliphatic heterocycles. The minimum absolute atomic E-state index is 1.30. The highest BCUT2D eigenvalue weighted by atomic mass is 33.1. The van der Waals surface area contributed by atoms with Crippen molar-refractivity contribution in [1.29, 1.82) is 0 Å². The van der Waals surface area contributed by atoms with Crippen LogP contribution < -0.4 is 41.5 Å². The highest BCUT2D eigenvalue weighted by Gasteiger charge is 2.44. The maximum atomic E-state index is 2.39. The quantitative estimate of drug-likeness (QED) is 0.0782. The molecule has 0 unspecified atom stereocenters. The lowest BCUT2D eigenvalue weighted by atomic mass is 10.3. The molecule has 0 N–H and O–H groups in total. The van der Waals surface area contributed by atoms with Gasteiger partial charge in [-0.05, 0) is 53.6 Å². The topological polar surface area (TPSA) is 0 Å². The highest BCUT2D eigenvalue weighted by molar-refractivity contribution is 8.76. The second-order valence-corrected chi connectivity index (χ2v) is 22.6. The number of hydrogen-bond donors (Lipinski definition) is 0. The van der Waals surface area contributed by atoms with E-state index in [9.17, 15) is 0 Å². The smallest absolute Gasteiger partial charge is 0.0623 e. The van der Waals surface area contributed by atoms with Crippen LogP contribution in [-0.2, 0) is 0 Å². The normalized spacial score (nSPS) is 11.6. The lowest BCUT2D eigenvalue weighted by Crippen LogP contribution is -2.75. The molecule has 4 heteroatoms. The first kappa shape index (κ1) is 34.0. The molecule has 0 bridgehead atoms. The molecule has 8 aromatic rings. The second-order valence-electron chi connectivity index (χ2n) is 12.9. The van der Waals surface area contributed by atoms with Crippen LogP contribution in [0.25, 0.3) is 0 Å². The van der Waals surface area contributed by atoms with E-state index < -0.39 is 16.1 Å². The second kappa shape index (κ2) is 15.6. The molecule has 0 atom stereocenters. The van der Waals surface area contributed by atoms with Gasteiger partial charge in [-0.1, -0.05) is 240 Å². The molecule has 0 fully saturated rings. The summed E-state index contributed by atoms with van der Waals surface area (Å²) in [5.74, 6) is 0. The van der Waals surface area contributed by atoms with Gasteiger partial charge in [-0.3, -0.25) is 0 Å². The molecule has 0 amide bonds. The molecule has 250 valence electrons. The van der Waals surface area contributed by atoms with Crippen LogP contribution in [0.1, 0.15) is 0 Å². The summed E-state index contributed by atoms with van der Waals surface area (Å²) < 4.78 is 0. The Morgan fingerprint density at radius 3 is 0.635 bits per heavy atom. The van der Waals surface area contributed by atoms with E-state index >= 15 is 0 Å². The molecule has 52 heavy (non-hydrogen) atoms. The van der Waals surface area contributed by atoms with Crippen LogP contribution in [0.4, 0.5) is 0 Å². The van der Waals surface area contributed by atoms with E-state index in [1.165, 1.54) is 51.3 Å². The van der Waals surface area contributed by atoms with Gasteiger partial charge >= 0.3 is 0 Å². The summed E-state index contributed by atoms with van der Waals surface area (Å²) in [5, 5.41) is 11.1. The Morgan fingerprint density at radius 1 is 0.212 bits per heavy atom. The first-order valence-corrected chi connectivity index (χ1v) is 23.8. The monoisotopic (exact) mass is 734 g/mol. The minimum Gasteiger partial charge on any atom is -0.0623 e. The van der Waals surface area contributed by atoms with Crippen molar-refractivity contribution in [1.82, 2.24) is 0 Å². The number of hydrogen-bond acceptors (Lipinski definition) is 2. The van der Waals surface area contributed by atoms with Crippen molar-refractivity contribution in [3.63, 3.8) is 0 Å². The Kier molecular flexibility index (Phi) is 10.2. The molecular weight excluding hydrogens is 697 g/mol. The summed E-state index contributed by atoms with van der Waals surface area (Å²) in [6, 6.07) is 85.6. The van der Waals surface area contributed by atoms with Crippen LogP contribution in [0.15, 0.2) is 240 Å². The Morgan fingerprint density at radius 2 is 0.404 bits per heavy atom. The summed E-state index contributed by atoms with van der Waals surface area (Å²) in [6.45, 7) is 0. The van der Waals surface area contributed by atoms with Crippen LogP contribution in [-0.4, -0.2) is 16.1 Å². The minimum atomic E-state index is -2.72. The van der Waals surface area contributed by atoms with E-state index in [1.807, 2.05) is 21.6 Å². The molecule has 0 nitrogen and oxygen atoms in total. The van der Waals surface area contributed by atoms with Gasteiger partial charge in [0.15, 0.2) is 16.1 Å². The fourth-order valence-electron chi connectivity index (χ4n) is 7.85. The molecule has 0 aliphatic rings. The zero-order valence-electron chi connectivity index (χ0n) is 28.8. The van der Waals surface area contributed by atoms with Gasteiger partial charge in [0.2, 0.25) is 0 Å². The Balaban J connectivity index is 1.32. The summed E-state index contributed by atoms with van der Waals surface area (Å²) in [6.07, 6.45) is 0. The van der Waals surface area contributed by atoms with Gasteiger partial charge in [0.1, 0.15) is 0 Å². The van der Waals surface area contributed by atoms with E-state index in [-0.39, 0.29) is 0 Å². The SMILES string of the molecule is c1ccc([Si](c2ccccc2)(c2ccccc2)c2ccccc2SSc2ccccc2[Si](c2ccccc2)(c2ccccc2)c2ccccc2)cc1. The molecule has 0 spiro atoms. The zero-order chi connectivity index (χ0) is 35.1. The molecule has 8 rings (SSSR count). The van der Waals surface area contributed by atoms with Gasteiger partial charge in [-0.2, -0.15) is 0 Å². The largest absolute Gasteiger partial charge is 0.180 e. The van der Waals surface area contributed by atoms with E-state index in [1.54, 1.807) is 0 Å². The summed E-state index contributed by atoms with van der Waals surface area (Å²) >= 11 is 0. The number of benzene rings is 8. The van der Waals surface area contributed by atoms with Crippen molar-refractivity contribution in [2.75, 3.05) is 0 Å². The number of rotatable bonds is 11. The third-order valence-corrected chi connectivity index (χ3v) is 22.6. The lowest BCUT2D eigenvalue weighted by molar-refractivity contribution is 1.50. The van der Waals surface area contributed by atoms with Crippen molar-refractivity contribution < 1.29 is 0 Å². The van der Waals surface area contributed by atoms with Gasteiger partial charge in [-0.25, -0.2) is 0 Å². The van der Waals surface area contributed by atoms with Gasteiger partial charge in [0, 0.05) is 9.79 Å². The van der Waals surface area contributed by atoms with E-state index in [2.05, 4.69) is 231 Å². The van der Waals surface area contributed by atoms with Crippen LogP contribution in [0.2, 0.25) is 0 Å². The molecule has 8 aromatic carbocycles. The fraction of sp³-hybridized carbons (Fsp3) is 0. The summed E-state index contributed by atoms with van der Waals surface area (Å²) in [5.41, 5.74) is 0. The summed E-state index contributed by atoms with van der Waals surface area (Å²) in [4.78, 5) is 2.61. The third kappa shape index (κ3) is 6.22. The average Bonchev–Trinajstić information content (AvgIpc) is 3.24. The van der Waals surface area contributed by atoms with Crippen molar-refractivity contribution in [3.05, 3.63) is 231 Å². The average molecular weight is 735 g/mol. The first-order chi connectivity index (χ1) is 25.8. The van der Waals surface area contributed by atoms with Crippen molar-refractivity contribution in [2.24, 2.45) is 0 Å². The Hall–Kier alpha value is -5.11. The van der Waals surface area contributed by atoms with Crippen molar-refractivity contribution in [3.8, 4) is 0 Å². The predicted octanol–water partition coefficient (Wildman–Crippen LogP) is 7.24. The van der Waals surface area contributed by atoms with Gasteiger partial charge in [0.05, 0.1) is 0 Å². The van der Waals surface area contributed by atoms with Gasteiger partial charge in [-0.15, -0.1) is 0 Å². The Bertz CT molecular complexity index is 1970. The van der Waals surface area contributed by atoms with Crippen LogP contribution in [0, 0.1) is 0 Å². The van der Waals surface area contributed by atoms with E-state index in [0.717, 1.165) is 0 Å². The van der Waals surface area contributed by atoms with Crippen LogP contribution >= 0.6 is 21.6 Å². The standard InChI is InChI=1S/C48H38S2Si2/c1-7-23-39(24-8-1)51(40-25-9-2-10-26-40,41-27-11-3-12-28-41)47-37-21-19-35-45(47)49-50-46-36-20-22-38-48(46)52(42-29-13-4-14-30-42,43-31-15-5-16-32-43)44-33-17-6-18-34-44/h1-38H. The molecule has 0 saturated heterocycles. The van der Waals surface area contributed by atoms with E-state index in [4.69, 9.17) is 0 Å². The molecule has 0 aromatic heterocycles. The van der Waals surface area contributed by atoms with Gasteiger partial charge in [0.25, 0.3) is 0 Å². The predicted molar refractivity (Wildman–Crippen MR) is 232 cm³/mol. The molecule has 0 aliphatic carbocycles. The molecule has 0 saturated carbocycles. The lowest BCUT2D eigenvalue weighted by Gasteiger charge is -2.36. The molecule has 0 heterocycles. The zero-order valence-corrected chi connectivity index (χ0v) is 32.4. The van der Waals surface area contributed by atoms with Gasteiger partial charge < -0.3 is 0 Å². The van der Waals surface area contributed by atoms with Crippen molar-refractivity contribution in [2.45, 2.75) is 9.79 Å². The highest BCUT2D eigenvalue weighted by Crippen LogP contribution is 2.37. The fourth-order valence-corrected chi connectivity index (χ4v) is 21.3. The molecule has 0 radical (unpaired) electrons. The Labute approximate surface area is 317 Å². The maximum Gasteiger partial charge on any atom is 0.180 e. The maximum absolute atomic E-state index is 2.72. The van der Waals surface area contributed by atoms with Crippen LogP contribution in [0.5, 0.6) is 0 Å². The van der Waals surface area contributed by atoms with Crippen molar-refractivity contribution >= 4 is 79.2 Å². The summed E-state index contributed by atoms with van der Waals surface area (Å²) in [7, 11) is -1.63. The van der Waals surface area contributed by atoms with E-state index in [0.29, 0.717) is 0 Å². The molecular formula is C48H38S2Si2. The first-order valence-electron chi connectivity index (χ1n) is 17.7.